The summed E-state index contributed by atoms with van der Waals surface area (Å²) in [6.45, 7) is 0.250. The molecule has 0 heterocycles. The first-order chi connectivity index (χ1) is 13.5. The summed E-state index contributed by atoms with van der Waals surface area (Å²) in [5.41, 5.74) is 3.82. The van der Waals surface area contributed by atoms with Crippen LogP contribution in [0.4, 0.5) is 4.39 Å². The predicted molar refractivity (Wildman–Crippen MR) is 102 cm³/mol. The molecule has 0 atom stereocenters. The first-order valence-corrected chi connectivity index (χ1v) is 8.34. The summed E-state index contributed by atoms with van der Waals surface area (Å²) < 4.78 is 18.7. The van der Waals surface area contributed by atoms with Crippen molar-refractivity contribution in [3.05, 3.63) is 89.2 Å². The maximum Gasteiger partial charge on any atom is 0.271 e. The Morgan fingerprint density at radius 3 is 2.43 bits per heavy atom. The summed E-state index contributed by atoms with van der Waals surface area (Å²) in [7, 11) is 0. The van der Waals surface area contributed by atoms with Gasteiger partial charge >= 0.3 is 0 Å². The number of nitrogens with one attached hydrogen (secondary N) is 1. The van der Waals surface area contributed by atoms with Gasteiger partial charge < -0.3 is 14.9 Å². The third-order valence-electron chi connectivity index (χ3n) is 3.76. The minimum Gasteiger partial charge on any atom is -0.508 e. The second-order valence-corrected chi connectivity index (χ2v) is 5.89. The number of nitrogens with zero attached hydrogens (tertiary/aromatic N) is 1. The number of benzene rings is 3. The van der Waals surface area contributed by atoms with E-state index in [1.807, 2.05) is 0 Å². The zero-order valence-electron chi connectivity index (χ0n) is 14.7. The quantitative estimate of drug-likeness (QED) is 0.450. The molecule has 1 amide bonds. The summed E-state index contributed by atoms with van der Waals surface area (Å²) in [6, 6.07) is 16.6. The number of ether oxygens (including phenoxy) is 1. The van der Waals surface area contributed by atoms with E-state index in [2.05, 4.69) is 10.5 Å². The highest BCUT2D eigenvalue weighted by Crippen LogP contribution is 2.20. The highest BCUT2D eigenvalue weighted by molar-refractivity contribution is 5.95. The number of para-hydroxylation sites is 1. The van der Waals surface area contributed by atoms with Gasteiger partial charge in [-0.3, -0.25) is 4.79 Å². The lowest BCUT2D eigenvalue weighted by molar-refractivity contribution is 0.0954. The molecule has 0 aliphatic heterocycles. The highest BCUT2D eigenvalue weighted by Gasteiger charge is 2.08. The lowest BCUT2D eigenvalue weighted by Gasteiger charge is -2.09. The lowest BCUT2D eigenvalue weighted by Crippen LogP contribution is -2.17. The molecule has 0 saturated carbocycles. The van der Waals surface area contributed by atoms with E-state index in [0.717, 1.165) is 11.6 Å². The summed E-state index contributed by atoms with van der Waals surface area (Å²) >= 11 is 0. The van der Waals surface area contributed by atoms with E-state index in [1.165, 1.54) is 30.5 Å². The van der Waals surface area contributed by atoms with E-state index < -0.39 is 5.91 Å². The number of hydrogen-bond acceptors (Lipinski definition) is 5. The van der Waals surface area contributed by atoms with E-state index in [-0.39, 0.29) is 29.5 Å². The Kier molecular flexibility index (Phi) is 5.86. The van der Waals surface area contributed by atoms with Gasteiger partial charge in [0.05, 0.1) is 6.21 Å². The molecule has 3 rings (SSSR count). The van der Waals surface area contributed by atoms with Crippen LogP contribution in [0.25, 0.3) is 0 Å². The molecule has 0 unspecified atom stereocenters. The molecule has 3 aromatic carbocycles. The van der Waals surface area contributed by atoms with E-state index in [9.17, 15) is 19.4 Å². The maximum atomic E-state index is 13.0. The predicted octanol–water partition coefficient (Wildman–Crippen LogP) is 3.58. The van der Waals surface area contributed by atoms with Crippen LogP contribution in [0, 0.1) is 5.82 Å². The topological polar surface area (TPSA) is 91.2 Å². The maximum absolute atomic E-state index is 13.0. The molecule has 0 aromatic heterocycles. The summed E-state index contributed by atoms with van der Waals surface area (Å²) in [5, 5.41) is 22.8. The fourth-order valence-corrected chi connectivity index (χ4v) is 2.41. The number of hydrogen-bond donors (Lipinski definition) is 3. The molecule has 0 fully saturated rings. The van der Waals surface area contributed by atoms with Crippen LogP contribution in [0.1, 0.15) is 21.5 Å². The average molecular weight is 380 g/mol. The van der Waals surface area contributed by atoms with Crippen molar-refractivity contribution in [2.75, 3.05) is 0 Å². The molecule has 0 aliphatic carbocycles. The van der Waals surface area contributed by atoms with Gasteiger partial charge in [-0.25, -0.2) is 9.82 Å². The molecule has 0 bridgehead atoms. The van der Waals surface area contributed by atoms with Gasteiger partial charge in [0, 0.05) is 17.2 Å². The molecule has 0 aliphatic rings. The largest absolute Gasteiger partial charge is 0.508 e. The summed E-state index contributed by atoms with van der Waals surface area (Å²) in [5.74, 6) is -0.818. The van der Waals surface area contributed by atoms with Crippen LogP contribution < -0.4 is 10.2 Å². The monoisotopic (exact) mass is 380 g/mol. The van der Waals surface area contributed by atoms with Crippen LogP contribution >= 0.6 is 0 Å². The van der Waals surface area contributed by atoms with Crippen LogP contribution in [0.5, 0.6) is 17.2 Å². The second-order valence-electron chi connectivity index (χ2n) is 5.89. The molecule has 3 aromatic rings. The number of carbonyl (C=O) groups is 1. The van der Waals surface area contributed by atoms with Crippen LogP contribution in [0.15, 0.2) is 71.8 Å². The SMILES string of the molecule is O=C(NN=Cc1ccccc1OCc1ccc(F)cc1)c1cc(O)cc(O)c1. The van der Waals surface area contributed by atoms with Gasteiger partial charge in [0.2, 0.25) is 0 Å². The van der Waals surface area contributed by atoms with Crippen LogP contribution in [0.2, 0.25) is 0 Å². The van der Waals surface area contributed by atoms with Crippen molar-refractivity contribution in [1.29, 1.82) is 0 Å². The fourth-order valence-electron chi connectivity index (χ4n) is 2.41. The fraction of sp³-hybridized carbons (Fsp3) is 0.0476. The van der Waals surface area contributed by atoms with E-state index >= 15 is 0 Å². The number of aromatic hydroxyl groups is 2. The van der Waals surface area contributed by atoms with Gasteiger partial charge in [0.1, 0.15) is 29.7 Å². The molecule has 0 saturated heterocycles. The standard InChI is InChI=1S/C21H17FN2O4/c22-17-7-5-14(6-8-17)13-28-20-4-2-1-3-15(20)12-23-24-21(27)16-9-18(25)11-19(26)10-16/h1-12,25-26H,13H2,(H,24,27). The van der Waals surface area contributed by atoms with Crippen molar-refractivity contribution in [3.63, 3.8) is 0 Å². The lowest BCUT2D eigenvalue weighted by atomic mass is 10.2. The Balaban J connectivity index is 1.65. The number of hydrazone groups is 1. The van der Waals surface area contributed by atoms with Crippen LogP contribution in [-0.4, -0.2) is 22.3 Å². The van der Waals surface area contributed by atoms with Gasteiger partial charge in [0.15, 0.2) is 0 Å². The van der Waals surface area contributed by atoms with Gasteiger partial charge in [-0.15, -0.1) is 0 Å². The second kappa shape index (κ2) is 8.68. The summed E-state index contributed by atoms with van der Waals surface area (Å²) in [6.07, 6.45) is 1.42. The van der Waals surface area contributed by atoms with Gasteiger partial charge in [0.25, 0.3) is 5.91 Å². The zero-order valence-corrected chi connectivity index (χ0v) is 14.7. The minimum absolute atomic E-state index is 0.0653. The van der Waals surface area contributed by atoms with Crippen molar-refractivity contribution < 1.29 is 24.1 Å². The number of amides is 1. The van der Waals surface area contributed by atoms with Crippen LogP contribution in [0.3, 0.4) is 0 Å². The number of halogens is 1. The number of phenols is 2. The minimum atomic E-state index is -0.591. The molecule has 0 radical (unpaired) electrons. The Labute approximate surface area is 160 Å². The van der Waals surface area contributed by atoms with E-state index in [0.29, 0.717) is 11.3 Å². The van der Waals surface area contributed by atoms with Crippen molar-refractivity contribution in [3.8, 4) is 17.2 Å². The van der Waals surface area contributed by atoms with Gasteiger partial charge in [-0.2, -0.15) is 5.10 Å². The Bertz CT molecular complexity index is 983. The number of phenolic OH excluding ortho intramolecular Hbond substituents is 2. The molecular formula is C21H17FN2O4. The smallest absolute Gasteiger partial charge is 0.271 e. The van der Waals surface area contributed by atoms with Crippen molar-refractivity contribution in [1.82, 2.24) is 5.43 Å². The molecule has 6 nitrogen and oxygen atoms in total. The molecule has 142 valence electrons. The Morgan fingerprint density at radius 2 is 1.71 bits per heavy atom. The normalized spacial score (nSPS) is 10.8. The number of rotatable bonds is 6. The van der Waals surface area contributed by atoms with E-state index in [4.69, 9.17) is 4.74 Å². The molecule has 28 heavy (non-hydrogen) atoms. The number of carbonyl (C=O) groups excluding carboxylic acids is 1. The van der Waals surface area contributed by atoms with Crippen molar-refractivity contribution in [2.45, 2.75) is 6.61 Å². The zero-order chi connectivity index (χ0) is 19.9. The van der Waals surface area contributed by atoms with Gasteiger partial charge in [-0.1, -0.05) is 24.3 Å². The highest BCUT2D eigenvalue weighted by atomic mass is 19.1. The first-order valence-electron chi connectivity index (χ1n) is 8.34. The van der Waals surface area contributed by atoms with Crippen molar-refractivity contribution >= 4 is 12.1 Å². The van der Waals surface area contributed by atoms with Gasteiger partial charge in [-0.05, 0) is 42.0 Å². The molecule has 3 N–H and O–H groups in total. The third-order valence-corrected chi connectivity index (χ3v) is 3.76. The first kappa shape index (κ1) is 18.9. The van der Waals surface area contributed by atoms with Crippen LogP contribution in [-0.2, 0) is 6.61 Å². The Hall–Kier alpha value is -3.87. The Morgan fingerprint density at radius 1 is 1.04 bits per heavy atom. The molecule has 7 heteroatoms. The van der Waals surface area contributed by atoms with E-state index in [1.54, 1.807) is 36.4 Å². The molecule has 0 spiro atoms. The molecular weight excluding hydrogens is 363 g/mol. The third kappa shape index (κ3) is 5.07. The average Bonchev–Trinajstić information content (AvgIpc) is 2.67. The summed E-state index contributed by atoms with van der Waals surface area (Å²) in [4.78, 5) is 12.1. The van der Waals surface area contributed by atoms with Crippen molar-refractivity contribution in [2.24, 2.45) is 5.10 Å².